The van der Waals surface area contributed by atoms with Gasteiger partial charge in [-0.25, -0.2) is 9.79 Å². The molecule has 30 heavy (non-hydrogen) atoms. The maximum Gasteiger partial charge on any atom is 0.363 e. The molecule has 4 aromatic rings. The minimum atomic E-state index is -0.427. The lowest BCUT2D eigenvalue weighted by atomic mass is 10.1. The van der Waals surface area contributed by atoms with Crippen molar-refractivity contribution in [1.29, 1.82) is 0 Å². The van der Waals surface area contributed by atoms with Crippen LogP contribution in [0, 0.1) is 0 Å². The summed E-state index contributed by atoms with van der Waals surface area (Å²) in [5.41, 5.74) is 4.37. The van der Waals surface area contributed by atoms with Crippen LogP contribution in [0.1, 0.15) is 11.1 Å². The van der Waals surface area contributed by atoms with Crippen LogP contribution >= 0.6 is 0 Å². The van der Waals surface area contributed by atoms with Crippen LogP contribution in [-0.2, 0) is 16.2 Å². The number of rotatable bonds is 4. The van der Waals surface area contributed by atoms with Crippen LogP contribution < -0.4 is 0 Å². The van der Waals surface area contributed by atoms with Gasteiger partial charge in [0.2, 0.25) is 5.90 Å². The predicted octanol–water partition coefficient (Wildman–Crippen LogP) is 4.66. The molecule has 0 N–H and O–H groups in total. The third kappa shape index (κ3) is 3.19. The minimum Gasteiger partial charge on any atom is -0.402 e. The normalized spacial score (nSPS) is 15.4. The van der Waals surface area contributed by atoms with E-state index in [9.17, 15) is 4.79 Å². The van der Waals surface area contributed by atoms with E-state index in [1.165, 1.54) is 10.9 Å². The first-order chi connectivity index (χ1) is 14.6. The first kappa shape index (κ1) is 18.3. The topological polar surface area (TPSA) is 46.8 Å². The molecule has 1 aliphatic heterocycles. The Kier molecular flexibility index (Phi) is 4.45. The molecule has 3 aromatic carbocycles. The van der Waals surface area contributed by atoms with Gasteiger partial charge in [0.25, 0.3) is 0 Å². The van der Waals surface area contributed by atoms with Crippen molar-refractivity contribution in [1.82, 2.24) is 9.47 Å². The van der Waals surface area contributed by atoms with Crippen molar-refractivity contribution in [2.45, 2.75) is 6.67 Å². The molecule has 0 radical (unpaired) electrons. The van der Waals surface area contributed by atoms with E-state index >= 15 is 0 Å². The lowest BCUT2D eigenvalue weighted by Gasteiger charge is -2.13. The highest BCUT2D eigenvalue weighted by atomic mass is 16.6. The average Bonchev–Trinajstić information content (AvgIpc) is 3.27. The number of para-hydroxylation sites is 1. The number of esters is 1. The summed E-state index contributed by atoms with van der Waals surface area (Å²) in [5, 5.41) is 2.34. The molecule has 148 valence electrons. The molecule has 0 bridgehead atoms. The van der Waals surface area contributed by atoms with E-state index < -0.39 is 5.97 Å². The number of aromatic nitrogens is 1. The van der Waals surface area contributed by atoms with Crippen molar-refractivity contribution in [2.24, 2.45) is 4.99 Å². The molecule has 0 unspecified atom stereocenters. The largest absolute Gasteiger partial charge is 0.402 e. The van der Waals surface area contributed by atoms with Crippen molar-refractivity contribution in [3.63, 3.8) is 0 Å². The quantitative estimate of drug-likeness (QED) is 0.373. The molecule has 0 atom stereocenters. The van der Waals surface area contributed by atoms with E-state index in [2.05, 4.69) is 65.0 Å². The number of fused-ring (bicyclic) bond motifs is 3. The highest BCUT2D eigenvalue weighted by Crippen LogP contribution is 2.31. The summed E-state index contributed by atoms with van der Waals surface area (Å²) in [7, 11) is 4.13. The summed E-state index contributed by atoms with van der Waals surface area (Å²) in [6.45, 7) is 0.793. The molecule has 1 aromatic heterocycles. The zero-order valence-electron chi connectivity index (χ0n) is 16.9. The molecule has 5 heteroatoms. The van der Waals surface area contributed by atoms with Gasteiger partial charge in [-0.3, -0.25) is 4.90 Å². The number of benzene rings is 3. The Balaban J connectivity index is 1.60. The van der Waals surface area contributed by atoms with E-state index in [4.69, 9.17) is 4.74 Å². The zero-order valence-corrected chi connectivity index (χ0v) is 16.9. The van der Waals surface area contributed by atoms with Crippen LogP contribution in [0.3, 0.4) is 0 Å². The maximum atomic E-state index is 12.3. The van der Waals surface area contributed by atoms with Gasteiger partial charge in [-0.05, 0) is 56.1 Å². The van der Waals surface area contributed by atoms with E-state index in [1.807, 2.05) is 36.4 Å². The summed E-state index contributed by atoms with van der Waals surface area (Å²) in [5.74, 6) is -0.0838. The fourth-order valence-corrected chi connectivity index (χ4v) is 3.87. The molecular formula is C25H21N3O2. The Morgan fingerprint density at radius 2 is 1.67 bits per heavy atom. The zero-order chi connectivity index (χ0) is 20.7. The van der Waals surface area contributed by atoms with Crippen LogP contribution in [0.4, 0.5) is 0 Å². The van der Waals surface area contributed by atoms with Gasteiger partial charge in [0.1, 0.15) is 0 Å². The molecule has 0 saturated heterocycles. The number of aliphatic imine (C=N–C) groups is 1. The summed E-state index contributed by atoms with van der Waals surface area (Å²) in [4.78, 5) is 18.9. The number of nitrogens with zero attached hydrogens (tertiary/aromatic N) is 3. The van der Waals surface area contributed by atoms with Crippen molar-refractivity contribution in [2.75, 3.05) is 14.1 Å². The van der Waals surface area contributed by atoms with Crippen LogP contribution in [0.25, 0.3) is 27.9 Å². The molecule has 0 amide bonds. The number of carbonyl (C=O) groups excluding carboxylic acids is 1. The average molecular weight is 395 g/mol. The molecule has 0 fully saturated rings. The van der Waals surface area contributed by atoms with E-state index in [-0.39, 0.29) is 0 Å². The van der Waals surface area contributed by atoms with Crippen LogP contribution in [0.15, 0.2) is 83.5 Å². The molecule has 2 heterocycles. The third-order valence-corrected chi connectivity index (χ3v) is 5.17. The van der Waals surface area contributed by atoms with Crippen molar-refractivity contribution < 1.29 is 9.53 Å². The molecule has 5 nitrogen and oxygen atoms in total. The van der Waals surface area contributed by atoms with Crippen molar-refractivity contribution in [3.8, 4) is 0 Å². The van der Waals surface area contributed by atoms with Gasteiger partial charge in [-0.15, -0.1) is 0 Å². The second-order valence-corrected chi connectivity index (χ2v) is 7.64. The summed E-state index contributed by atoms with van der Waals surface area (Å²) < 4.78 is 7.67. The van der Waals surface area contributed by atoms with E-state index in [0.717, 1.165) is 28.7 Å². The van der Waals surface area contributed by atoms with Gasteiger partial charge in [-0.1, -0.05) is 42.5 Å². The Labute approximate surface area is 174 Å². The number of hydrogen-bond acceptors (Lipinski definition) is 4. The van der Waals surface area contributed by atoms with E-state index in [0.29, 0.717) is 11.6 Å². The second kappa shape index (κ2) is 7.28. The van der Waals surface area contributed by atoms with Crippen LogP contribution in [0.2, 0.25) is 0 Å². The molecule has 0 aliphatic carbocycles. The van der Waals surface area contributed by atoms with Crippen LogP contribution in [-0.4, -0.2) is 35.4 Å². The Morgan fingerprint density at radius 3 is 2.47 bits per heavy atom. The van der Waals surface area contributed by atoms with Gasteiger partial charge in [0.15, 0.2) is 5.70 Å². The molecular weight excluding hydrogens is 374 g/mol. The summed E-state index contributed by atoms with van der Waals surface area (Å²) in [6.07, 6.45) is 1.79. The highest BCUT2D eigenvalue weighted by molar-refractivity contribution is 6.13. The van der Waals surface area contributed by atoms with Gasteiger partial charge in [0.05, 0.1) is 17.7 Å². The van der Waals surface area contributed by atoms with Crippen molar-refractivity contribution >= 4 is 39.7 Å². The maximum absolute atomic E-state index is 12.3. The SMILES string of the molecule is CN(C)Cn1c2ccccc2c2cc(C=C3N=C(c4ccccc4)OC3=O)ccc21. The fourth-order valence-electron chi connectivity index (χ4n) is 3.87. The fraction of sp³-hybridized carbons (Fsp3) is 0.120. The number of hydrogen-bond donors (Lipinski definition) is 0. The third-order valence-electron chi connectivity index (χ3n) is 5.17. The smallest absolute Gasteiger partial charge is 0.363 e. The lowest BCUT2D eigenvalue weighted by molar-refractivity contribution is -0.129. The number of carbonyl (C=O) groups is 1. The second-order valence-electron chi connectivity index (χ2n) is 7.64. The Morgan fingerprint density at radius 1 is 0.933 bits per heavy atom. The Hall–Kier alpha value is -3.70. The van der Waals surface area contributed by atoms with Gasteiger partial charge >= 0.3 is 5.97 Å². The molecule has 0 saturated carbocycles. The number of cyclic esters (lactones) is 1. The van der Waals surface area contributed by atoms with Crippen molar-refractivity contribution in [3.05, 3.63) is 89.6 Å². The summed E-state index contributed by atoms with van der Waals surface area (Å²) in [6, 6.07) is 24.1. The van der Waals surface area contributed by atoms with Gasteiger partial charge in [0, 0.05) is 16.3 Å². The van der Waals surface area contributed by atoms with Gasteiger partial charge < -0.3 is 9.30 Å². The summed E-state index contributed by atoms with van der Waals surface area (Å²) >= 11 is 0. The highest BCUT2D eigenvalue weighted by Gasteiger charge is 2.24. The standard InChI is InChI=1S/C25H21N3O2/c1-27(2)16-28-22-11-7-6-10-19(22)20-14-17(12-13-23(20)28)15-21-25(29)30-24(26-21)18-8-4-3-5-9-18/h3-15H,16H2,1-2H3. The first-order valence-corrected chi connectivity index (χ1v) is 9.84. The number of ether oxygens (including phenoxy) is 1. The lowest BCUT2D eigenvalue weighted by Crippen LogP contribution is -2.16. The van der Waals surface area contributed by atoms with E-state index in [1.54, 1.807) is 6.08 Å². The Bertz CT molecular complexity index is 1330. The predicted molar refractivity (Wildman–Crippen MR) is 120 cm³/mol. The monoisotopic (exact) mass is 395 g/mol. The van der Waals surface area contributed by atoms with Gasteiger partial charge in [-0.2, -0.15) is 0 Å². The van der Waals surface area contributed by atoms with Crippen LogP contribution in [0.5, 0.6) is 0 Å². The molecule has 0 spiro atoms. The molecule has 5 rings (SSSR count). The first-order valence-electron chi connectivity index (χ1n) is 9.84. The molecule has 1 aliphatic rings. The minimum absolute atomic E-state index is 0.310.